The maximum Gasteiger partial charge on any atom is 0.224 e. The maximum atomic E-state index is 14.7. The van der Waals surface area contributed by atoms with Crippen molar-refractivity contribution in [3.05, 3.63) is 65.5 Å². The third-order valence-electron chi connectivity index (χ3n) is 4.81. The summed E-state index contributed by atoms with van der Waals surface area (Å²) in [5.74, 6) is 0.0979. The first kappa shape index (κ1) is 25.6. The van der Waals surface area contributed by atoms with E-state index in [1.54, 1.807) is 6.07 Å². The average Bonchev–Trinajstić information content (AvgIpc) is 2.76. The lowest BCUT2D eigenvalue weighted by Crippen LogP contribution is -2.38. The van der Waals surface area contributed by atoms with Crippen molar-refractivity contribution in [2.24, 2.45) is 4.99 Å². The van der Waals surface area contributed by atoms with E-state index in [1.165, 1.54) is 25.4 Å². The summed E-state index contributed by atoms with van der Waals surface area (Å²) in [5, 5.41) is 6.11. The summed E-state index contributed by atoms with van der Waals surface area (Å²) in [6, 6.07) is 14.5. The van der Waals surface area contributed by atoms with Gasteiger partial charge in [-0.3, -0.25) is 4.99 Å². The normalized spacial score (nSPS) is 13.9. The molecule has 2 aromatic carbocycles. The predicted molar refractivity (Wildman–Crippen MR) is 127 cm³/mol. The van der Waals surface area contributed by atoms with Gasteiger partial charge in [0.1, 0.15) is 23.4 Å². The standard InChI is InChI=1S/C23H31FN4O3S/c1-26-16-21(15-25)32(29,30)27-11-12-31-20-9-10-23(24)22(14-20)19(17-28(2)3)13-18-7-5-4-6-8-18/h4-10,14-16,19,21,25,27H,11-13,17H2,1-3H3. The van der Waals surface area contributed by atoms with E-state index in [-0.39, 0.29) is 24.9 Å². The number of benzene rings is 2. The molecule has 0 heterocycles. The summed E-state index contributed by atoms with van der Waals surface area (Å²) in [5.41, 5.74) is 1.68. The maximum absolute atomic E-state index is 14.7. The molecule has 2 atom stereocenters. The fourth-order valence-corrected chi connectivity index (χ4v) is 4.37. The van der Waals surface area contributed by atoms with Gasteiger partial charge in [0.2, 0.25) is 10.0 Å². The number of sulfonamides is 1. The minimum atomic E-state index is -3.75. The largest absolute Gasteiger partial charge is 0.492 e. The van der Waals surface area contributed by atoms with Crippen LogP contribution in [0.1, 0.15) is 17.0 Å². The van der Waals surface area contributed by atoms with Gasteiger partial charge in [0, 0.05) is 38.5 Å². The van der Waals surface area contributed by atoms with Crippen LogP contribution in [-0.4, -0.2) is 71.8 Å². The summed E-state index contributed by atoms with van der Waals surface area (Å²) in [4.78, 5) is 5.69. The van der Waals surface area contributed by atoms with Crippen LogP contribution in [0.5, 0.6) is 5.75 Å². The number of hydrogen-bond acceptors (Lipinski definition) is 6. The van der Waals surface area contributed by atoms with E-state index in [1.807, 2.05) is 49.3 Å². The van der Waals surface area contributed by atoms with Crippen LogP contribution in [0, 0.1) is 11.2 Å². The smallest absolute Gasteiger partial charge is 0.224 e. The number of nitrogens with zero attached hydrogens (tertiary/aromatic N) is 2. The highest BCUT2D eigenvalue weighted by molar-refractivity contribution is 7.91. The number of halogens is 1. The SMILES string of the molecule is CN=CC(C=N)S(=O)(=O)NCCOc1ccc(F)c(C(Cc2ccccc2)CN(C)C)c1. The van der Waals surface area contributed by atoms with Crippen LogP contribution in [0.3, 0.4) is 0 Å². The molecule has 7 nitrogen and oxygen atoms in total. The molecule has 2 aromatic rings. The van der Waals surface area contributed by atoms with Gasteiger partial charge in [0.25, 0.3) is 0 Å². The Balaban J connectivity index is 2.07. The lowest BCUT2D eigenvalue weighted by Gasteiger charge is -2.23. The molecule has 0 fully saturated rings. The van der Waals surface area contributed by atoms with E-state index >= 15 is 0 Å². The van der Waals surface area contributed by atoms with Crippen LogP contribution >= 0.6 is 0 Å². The lowest BCUT2D eigenvalue weighted by atomic mass is 9.91. The molecule has 0 radical (unpaired) electrons. The van der Waals surface area contributed by atoms with Crippen LogP contribution in [0.25, 0.3) is 0 Å². The molecule has 9 heteroatoms. The molecule has 0 bridgehead atoms. The fourth-order valence-electron chi connectivity index (χ4n) is 3.35. The number of likely N-dealkylation sites (N-methyl/N-ethyl adjacent to an activating group) is 1. The summed E-state index contributed by atoms with van der Waals surface area (Å²) >= 11 is 0. The molecule has 0 saturated heterocycles. The quantitative estimate of drug-likeness (QED) is 0.354. The first-order chi connectivity index (χ1) is 15.3. The molecule has 0 aliphatic heterocycles. The van der Waals surface area contributed by atoms with Crippen LogP contribution in [0.15, 0.2) is 53.5 Å². The van der Waals surface area contributed by atoms with Gasteiger partial charge in [0.15, 0.2) is 0 Å². The molecule has 0 amide bonds. The highest BCUT2D eigenvalue weighted by atomic mass is 32.2. The number of ether oxygens (including phenoxy) is 1. The van der Waals surface area contributed by atoms with Crippen molar-refractivity contribution in [3.8, 4) is 5.75 Å². The van der Waals surface area contributed by atoms with Gasteiger partial charge in [-0.15, -0.1) is 0 Å². The van der Waals surface area contributed by atoms with Gasteiger partial charge in [0.05, 0.1) is 0 Å². The Labute approximate surface area is 189 Å². The Morgan fingerprint density at radius 1 is 1.22 bits per heavy atom. The van der Waals surface area contributed by atoms with Crippen molar-refractivity contribution in [1.82, 2.24) is 9.62 Å². The fraction of sp³-hybridized carbons (Fsp3) is 0.391. The third-order valence-corrected chi connectivity index (χ3v) is 6.39. The Morgan fingerprint density at radius 3 is 2.56 bits per heavy atom. The topological polar surface area (TPSA) is 94.8 Å². The van der Waals surface area contributed by atoms with Crippen LogP contribution in [0.4, 0.5) is 4.39 Å². The zero-order valence-electron chi connectivity index (χ0n) is 18.7. The van der Waals surface area contributed by atoms with Gasteiger partial charge in [-0.1, -0.05) is 30.3 Å². The second kappa shape index (κ2) is 12.4. The molecule has 0 aromatic heterocycles. The highest BCUT2D eigenvalue weighted by Gasteiger charge is 2.21. The van der Waals surface area contributed by atoms with E-state index in [2.05, 4.69) is 9.71 Å². The molecular formula is C23H31FN4O3S. The lowest BCUT2D eigenvalue weighted by molar-refractivity contribution is 0.320. The number of aliphatic imine (C=N–C) groups is 1. The van der Waals surface area contributed by atoms with Crippen LogP contribution in [0.2, 0.25) is 0 Å². The Hall–Kier alpha value is -2.62. The van der Waals surface area contributed by atoms with Crippen molar-refractivity contribution in [3.63, 3.8) is 0 Å². The highest BCUT2D eigenvalue weighted by Crippen LogP contribution is 2.28. The molecule has 0 aliphatic rings. The summed E-state index contributed by atoms with van der Waals surface area (Å²) in [6.07, 6.45) is 2.67. The second-order valence-electron chi connectivity index (χ2n) is 7.66. The van der Waals surface area contributed by atoms with Crippen molar-refractivity contribution >= 4 is 22.5 Å². The van der Waals surface area contributed by atoms with Gasteiger partial charge in [-0.25, -0.2) is 17.5 Å². The van der Waals surface area contributed by atoms with Crippen LogP contribution < -0.4 is 9.46 Å². The van der Waals surface area contributed by atoms with Gasteiger partial charge < -0.3 is 15.0 Å². The molecule has 0 spiro atoms. The van der Waals surface area contributed by atoms with Gasteiger partial charge in [-0.05, 0) is 49.8 Å². The zero-order chi connectivity index (χ0) is 23.6. The minimum absolute atomic E-state index is 0.0160. The van der Waals surface area contributed by atoms with E-state index in [0.717, 1.165) is 11.8 Å². The van der Waals surface area contributed by atoms with E-state index in [0.29, 0.717) is 24.3 Å². The molecular weight excluding hydrogens is 431 g/mol. The molecule has 0 aliphatic carbocycles. The summed E-state index contributed by atoms with van der Waals surface area (Å²) in [6.45, 7) is 0.746. The monoisotopic (exact) mass is 462 g/mol. The van der Waals surface area contributed by atoms with E-state index in [9.17, 15) is 12.8 Å². The Kier molecular flexibility index (Phi) is 9.96. The van der Waals surface area contributed by atoms with Crippen molar-refractivity contribution in [2.75, 3.05) is 40.8 Å². The molecule has 32 heavy (non-hydrogen) atoms. The third kappa shape index (κ3) is 7.81. The summed E-state index contributed by atoms with van der Waals surface area (Å²) < 4.78 is 47.1. The van der Waals surface area contributed by atoms with Crippen molar-refractivity contribution in [2.45, 2.75) is 17.6 Å². The first-order valence-corrected chi connectivity index (χ1v) is 11.8. The van der Waals surface area contributed by atoms with E-state index in [4.69, 9.17) is 10.1 Å². The van der Waals surface area contributed by atoms with Crippen molar-refractivity contribution in [1.29, 1.82) is 5.41 Å². The summed E-state index contributed by atoms with van der Waals surface area (Å²) in [7, 11) is 1.60. The first-order valence-electron chi connectivity index (χ1n) is 10.3. The molecule has 2 N–H and O–H groups in total. The predicted octanol–water partition coefficient (Wildman–Crippen LogP) is 2.73. The average molecular weight is 463 g/mol. The van der Waals surface area contributed by atoms with Crippen LogP contribution in [-0.2, 0) is 16.4 Å². The minimum Gasteiger partial charge on any atom is -0.492 e. The molecule has 2 rings (SSSR count). The number of nitrogens with one attached hydrogen (secondary N) is 2. The second-order valence-corrected chi connectivity index (χ2v) is 9.58. The van der Waals surface area contributed by atoms with E-state index < -0.39 is 15.3 Å². The van der Waals surface area contributed by atoms with Gasteiger partial charge in [-0.2, -0.15) is 0 Å². The number of hydrogen-bond donors (Lipinski definition) is 2. The zero-order valence-corrected chi connectivity index (χ0v) is 19.5. The Morgan fingerprint density at radius 2 is 1.94 bits per heavy atom. The molecule has 2 unspecified atom stereocenters. The van der Waals surface area contributed by atoms with Gasteiger partial charge >= 0.3 is 0 Å². The molecule has 0 saturated carbocycles. The Bertz CT molecular complexity index is 998. The van der Waals surface area contributed by atoms with Crippen molar-refractivity contribution < 1.29 is 17.5 Å². The molecule has 174 valence electrons. The number of rotatable bonds is 13.